The van der Waals surface area contributed by atoms with Crippen molar-refractivity contribution in [3.63, 3.8) is 0 Å². The normalized spacial score (nSPS) is 13.1. The van der Waals surface area contributed by atoms with E-state index in [0.29, 0.717) is 0 Å². The van der Waals surface area contributed by atoms with Crippen LogP contribution in [0.25, 0.3) is 0 Å². The smallest absolute Gasteiger partial charge is 0.00773 e. The summed E-state index contributed by atoms with van der Waals surface area (Å²) in [5, 5.41) is 0. The first-order chi connectivity index (χ1) is 6.81. The van der Waals surface area contributed by atoms with E-state index in [1.165, 1.54) is 57.8 Å². The number of rotatable bonds is 10. The first kappa shape index (κ1) is 14.0. The van der Waals surface area contributed by atoms with E-state index in [-0.39, 0.29) is 0 Å². The van der Waals surface area contributed by atoms with Gasteiger partial charge >= 0.3 is 0 Å². The Hall–Kier alpha value is -0.0400. The molecule has 1 nitrogen and oxygen atoms in total. The zero-order valence-corrected chi connectivity index (χ0v) is 10.2. The van der Waals surface area contributed by atoms with Crippen LogP contribution in [0, 0.1) is 5.92 Å². The predicted octanol–water partition coefficient (Wildman–Crippen LogP) is 4.11. The maximum absolute atomic E-state index is 5.44. The van der Waals surface area contributed by atoms with Gasteiger partial charge in [-0.2, -0.15) is 0 Å². The van der Waals surface area contributed by atoms with Gasteiger partial charge in [-0.25, -0.2) is 0 Å². The van der Waals surface area contributed by atoms with Gasteiger partial charge in [0.2, 0.25) is 0 Å². The molecule has 0 aliphatic heterocycles. The zero-order chi connectivity index (χ0) is 10.6. The Labute approximate surface area is 90.5 Å². The minimum Gasteiger partial charge on any atom is -0.330 e. The average Bonchev–Trinajstić information content (AvgIpc) is 2.21. The first-order valence-electron chi connectivity index (χ1n) is 6.51. The molecule has 0 rings (SSSR count). The van der Waals surface area contributed by atoms with Gasteiger partial charge in [-0.3, -0.25) is 0 Å². The molecule has 1 unspecified atom stereocenters. The highest BCUT2D eigenvalue weighted by atomic mass is 14.5. The second kappa shape index (κ2) is 11.0. The summed E-state index contributed by atoms with van der Waals surface area (Å²) in [6.07, 6.45) is 12.4. The Bertz CT molecular complexity index is 101. The topological polar surface area (TPSA) is 26.0 Å². The zero-order valence-electron chi connectivity index (χ0n) is 10.2. The lowest BCUT2D eigenvalue weighted by Gasteiger charge is -2.07. The summed E-state index contributed by atoms with van der Waals surface area (Å²) in [6, 6.07) is 0. The summed E-state index contributed by atoms with van der Waals surface area (Å²) in [5.74, 6) is 0.937. The van der Waals surface area contributed by atoms with Crippen LogP contribution in [0.4, 0.5) is 0 Å². The van der Waals surface area contributed by atoms with Crippen LogP contribution >= 0.6 is 0 Å². The van der Waals surface area contributed by atoms with Crippen LogP contribution in [0.3, 0.4) is 0 Å². The van der Waals surface area contributed by atoms with Gasteiger partial charge in [0.1, 0.15) is 0 Å². The first-order valence-corrected chi connectivity index (χ1v) is 6.51. The van der Waals surface area contributed by atoms with E-state index in [2.05, 4.69) is 13.8 Å². The monoisotopic (exact) mass is 199 g/mol. The van der Waals surface area contributed by atoms with Crippen LogP contribution < -0.4 is 5.73 Å². The van der Waals surface area contributed by atoms with E-state index >= 15 is 0 Å². The summed E-state index contributed by atoms with van der Waals surface area (Å²) in [7, 11) is 0. The number of unbranched alkanes of at least 4 members (excludes halogenated alkanes) is 6. The third-order valence-electron chi connectivity index (χ3n) is 3.10. The van der Waals surface area contributed by atoms with Gasteiger partial charge in [0.15, 0.2) is 0 Å². The molecule has 0 bridgehead atoms. The Morgan fingerprint density at radius 2 is 1.36 bits per heavy atom. The molecular formula is C13H29N. The van der Waals surface area contributed by atoms with Crippen LogP contribution in [0.1, 0.15) is 71.6 Å². The molecule has 0 saturated heterocycles. The van der Waals surface area contributed by atoms with Crippen molar-refractivity contribution >= 4 is 0 Å². The van der Waals surface area contributed by atoms with Crippen LogP contribution in [-0.4, -0.2) is 6.54 Å². The fraction of sp³-hybridized carbons (Fsp3) is 1.00. The van der Waals surface area contributed by atoms with Crippen molar-refractivity contribution in [2.24, 2.45) is 11.7 Å². The number of hydrogen-bond acceptors (Lipinski definition) is 1. The Kier molecular flexibility index (Phi) is 11.0. The van der Waals surface area contributed by atoms with E-state index in [9.17, 15) is 0 Å². The second-order valence-electron chi connectivity index (χ2n) is 4.57. The maximum Gasteiger partial charge on any atom is -0.00773 e. The van der Waals surface area contributed by atoms with Crippen molar-refractivity contribution in [2.75, 3.05) is 6.54 Å². The van der Waals surface area contributed by atoms with E-state index in [0.717, 1.165) is 12.5 Å². The molecule has 0 radical (unpaired) electrons. The van der Waals surface area contributed by atoms with Gasteiger partial charge in [0, 0.05) is 0 Å². The molecule has 0 heterocycles. The maximum atomic E-state index is 5.44. The van der Waals surface area contributed by atoms with Gasteiger partial charge in [-0.1, -0.05) is 65.2 Å². The fourth-order valence-corrected chi connectivity index (χ4v) is 1.73. The van der Waals surface area contributed by atoms with Gasteiger partial charge in [0.25, 0.3) is 0 Å². The third kappa shape index (κ3) is 10.0. The van der Waals surface area contributed by atoms with Gasteiger partial charge in [-0.05, 0) is 18.9 Å². The molecule has 14 heavy (non-hydrogen) atoms. The molecule has 0 aromatic rings. The average molecular weight is 199 g/mol. The van der Waals surface area contributed by atoms with Gasteiger partial charge < -0.3 is 5.73 Å². The molecule has 1 atom stereocenters. The van der Waals surface area contributed by atoms with Crippen molar-refractivity contribution in [1.29, 1.82) is 0 Å². The van der Waals surface area contributed by atoms with Crippen molar-refractivity contribution in [3.8, 4) is 0 Å². The highest BCUT2D eigenvalue weighted by Gasteiger charge is 1.97. The Balaban J connectivity index is 2.92. The summed E-state index contributed by atoms with van der Waals surface area (Å²) in [6.45, 7) is 5.52. The van der Waals surface area contributed by atoms with Crippen LogP contribution in [0.15, 0.2) is 0 Å². The molecule has 0 aromatic heterocycles. The summed E-state index contributed by atoms with van der Waals surface area (Å²) in [5.41, 5.74) is 5.44. The lowest BCUT2D eigenvalue weighted by Crippen LogP contribution is -1.97. The Morgan fingerprint density at radius 3 is 1.86 bits per heavy atom. The minimum atomic E-state index is 0.869. The molecule has 2 N–H and O–H groups in total. The van der Waals surface area contributed by atoms with Gasteiger partial charge in [-0.15, -0.1) is 0 Å². The van der Waals surface area contributed by atoms with Crippen molar-refractivity contribution in [2.45, 2.75) is 71.6 Å². The molecular weight excluding hydrogens is 170 g/mol. The standard InChI is InChI=1S/C13H29N/c1-3-13(2)11-9-7-5-4-6-8-10-12-14/h13H,3-12,14H2,1-2H3. The summed E-state index contributed by atoms with van der Waals surface area (Å²) < 4.78 is 0. The SMILES string of the molecule is CCC(C)CCCCCCCCCN. The lowest BCUT2D eigenvalue weighted by molar-refractivity contribution is 0.470. The predicted molar refractivity (Wildman–Crippen MR) is 65.4 cm³/mol. The molecule has 0 aliphatic rings. The minimum absolute atomic E-state index is 0.869. The van der Waals surface area contributed by atoms with Crippen LogP contribution in [0.2, 0.25) is 0 Å². The summed E-state index contributed by atoms with van der Waals surface area (Å²) in [4.78, 5) is 0. The molecule has 0 spiro atoms. The molecule has 1 heteroatoms. The molecule has 86 valence electrons. The highest BCUT2D eigenvalue weighted by Crippen LogP contribution is 2.14. The van der Waals surface area contributed by atoms with Crippen molar-refractivity contribution < 1.29 is 0 Å². The van der Waals surface area contributed by atoms with Crippen LogP contribution in [-0.2, 0) is 0 Å². The largest absolute Gasteiger partial charge is 0.330 e. The van der Waals surface area contributed by atoms with Crippen LogP contribution in [0.5, 0.6) is 0 Å². The van der Waals surface area contributed by atoms with Gasteiger partial charge in [0.05, 0.1) is 0 Å². The molecule has 0 amide bonds. The number of nitrogens with two attached hydrogens (primary N) is 1. The van der Waals surface area contributed by atoms with E-state index < -0.39 is 0 Å². The molecule has 0 aliphatic carbocycles. The Morgan fingerprint density at radius 1 is 0.857 bits per heavy atom. The molecule has 0 fully saturated rings. The molecule has 0 aromatic carbocycles. The van der Waals surface area contributed by atoms with Crippen molar-refractivity contribution in [1.82, 2.24) is 0 Å². The molecule has 0 saturated carbocycles. The third-order valence-corrected chi connectivity index (χ3v) is 3.10. The van der Waals surface area contributed by atoms with E-state index in [4.69, 9.17) is 5.73 Å². The number of hydrogen-bond donors (Lipinski definition) is 1. The fourth-order valence-electron chi connectivity index (χ4n) is 1.73. The second-order valence-corrected chi connectivity index (χ2v) is 4.57. The van der Waals surface area contributed by atoms with Crippen molar-refractivity contribution in [3.05, 3.63) is 0 Å². The van der Waals surface area contributed by atoms with E-state index in [1.807, 2.05) is 0 Å². The quantitative estimate of drug-likeness (QED) is 0.526. The highest BCUT2D eigenvalue weighted by molar-refractivity contribution is 4.51. The summed E-state index contributed by atoms with van der Waals surface area (Å²) >= 11 is 0. The van der Waals surface area contributed by atoms with E-state index in [1.54, 1.807) is 0 Å². The lowest BCUT2D eigenvalue weighted by atomic mass is 10.00.